The Morgan fingerprint density at radius 1 is 1.25 bits per heavy atom. The van der Waals surface area contributed by atoms with Crippen molar-refractivity contribution in [3.63, 3.8) is 0 Å². The minimum absolute atomic E-state index is 0.0527. The Hall–Kier alpha value is -1.94. The highest BCUT2D eigenvalue weighted by Gasteiger charge is 2.36. The highest BCUT2D eigenvalue weighted by molar-refractivity contribution is 8.00. The molecule has 2 aliphatic rings. The second kappa shape index (κ2) is 7.47. The Morgan fingerprint density at radius 3 is 2.57 bits per heavy atom. The SMILES string of the molecule is C[C@@H](Sc1nnc(-c2ccncc2)n1C1CC1)C(=O)N(C)[C@@H]1CCS(=O)(=O)C1. The van der Waals surface area contributed by atoms with Gasteiger partial charge in [-0.3, -0.25) is 14.3 Å². The van der Waals surface area contributed by atoms with Crippen molar-refractivity contribution >= 4 is 27.5 Å². The number of rotatable bonds is 6. The second-order valence-electron chi connectivity index (χ2n) is 7.41. The number of carbonyl (C=O) groups is 1. The molecule has 8 nitrogen and oxygen atoms in total. The maximum atomic E-state index is 12.9. The van der Waals surface area contributed by atoms with Crippen LogP contribution in [-0.4, -0.2) is 68.8 Å². The van der Waals surface area contributed by atoms with Crippen molar-refractivity contribution in [3.8, 4) is 11.4 Å². The van der Waals surface area contributed by atoms with Gasteiger partial charge in [0.15, 0.2) is 20.8 Å². The van der Waals surface area contributed by atoms with Crippen LogP contribution in [0.1, 0.15) is 32.2 Å². The molecule has 150 valence electrons. The summed E-state index contributed by atoms with van der Waals surface area (Å²) in [6.45, 7) is 1.84. The summed E-state index contributed by atoms with van der Waals surface area (Å²) in [5.74, 6) is 0.921. The standard InChI is InChI=1S/C18H23N5O3S2/c1-12(17(24)22(2)15-7-10-28(25,26)11-15)27-18-21-20-16(23(18)14-3-4-14)13-5-8-19-9-6-13/h5-6,8-9,12,14-15H,3-4,7,10-11H2,1-2H3/t12-,15-/m1/s1. The average molecular weight is 422 g/mol. The third kappa shape index (κ3) is 3.93. The lowest BCUT2D eigenvalue weighted by Gasteiger charge is -2.26. The molecule has 0 unspecified atom stereocenters. The summed E-state index contributed by atoms with van der Waals surface area (Å²) in [5, 5.41) is 9.06. The van der Waals surface area contributed by atoms with Crippen molar-refractivity contribution in [2.75, 3.05) is 18.6 Å². The number of amides is 1. The van der Waals surface area contributed by atoms with Gasteiger partial charge in [-0.2, -0.15) is 0 Å². The maximum Gasteiger partial charge on any atom is 0.235 e. The number of pyridine rings is 1. The molecule has 1 aliphatic carbocycles. The van der Waals surface area contributed by atoms with Gasteiger partial charge in [-0.05, 0) is 38.3 Å². The molecule has 0 aromatic carbocycles. The summed E-state index contributed by atoms with van der Waals surface area (Å²) in [5.41, 5.74) is 0.952. The molecule has 0 N–H and O–H groups in total. The minimum Gasteiger partial charge on any atom is -0.341 e. The molecule has 28 heavy (non-hydrogen) atoms. The number of hydrogen-bond donors (Lipinski definition) is 0. The predicted molar refractivity (Wildman–Crippen MR) is 107 cm³/mol. The highest BCUT2D eigenvalue weighted by atomic mass is 32.2. The van der Waals surface area contributed by atoms with Gasteiger partial charge in [0.1, 0.15) is 0 Å². The summed E-state index contributed by atoms with van der Waals surface area (Å²) >= 11 is 1.38. The van der Waals surface area contributed by atoms with E-state index in [2.05, 4.69) is 19.7 Å². The van der Waals surface area contributed by atoms with Crippen molar-refractivity contribution in [1.29, 1.82) is 0 Å². The first-order chi connectivity index (χ1) is 13.4. The lowest BCUT2D eigenvalue weighted by atomic mass is 10.2. The lowest BCUT2D eigenvalue weighted by Crippen LogP contribution is -2.41. The zero-order valence-corrected chi connectivity index (χ0v) is 17.5. The van der Waals surface area contributed by atoms with Crippen molar-refractivity contribution < 1.29 is 13.2 Å². The Balaban J connectivity index is 1.51. The number of carbonyl (C=O) groups excluding carboxylic acids is 1. The highest BCUT2D eigenvalue weighted by Crippen LogP contribution is 2.41. The largest absolute Gasteiger partial charge is 0.341 e. The van der Waals surface area contributed by atoms with Gasteiger partial charge in [-0.1, -0.05) is 11.8 Å². The van der Waals surface area contributed by atoms with Crippen LogP contribution in [0, 0.1) is 0 Å². The molecule has 2 aromatic heterocycles. The Bertz CT molecular complexity index is 972. The van der Waals surface area contributed by atoms with E-state index < -0.39 is 9.84 Å². The van der Waals surface area contributed by atoms with Crippen LogP contribution in [0.5, 0.6) is 0 Å². The van der Waals surface area contributed by atoms with Gasteiger partial charge in [-0.25, -0.2) is 8.42 Å². The topological polar surface area (TPSA) is 98.1 Å². The Morgan fingerprint density at radius 2 is 1.96 bits per heavy atom. The summed E-state index contributed by atoms with van der Waals surface area (Å²) in [6.07, 6.45) is 6.11. The Labute approximate surface area is 168 Å². The van der Waals surface area contributed by atoms with E-state index in [1.54, 1.807) is 24.3 Å². The number of thioether (sulfide) groups is 1. The van der Waals surface area contributed by atoms with Gasteiger partial charge in [0.25, 0.3) is 0 Å². The van der Waals surface area contributed by atoms with Crippen LogP contribution in [0.3, 0.4) is 0 Å². The molecule has 0 radical (unpaired) electrons. The van der Waals surface area contributed by atoms with Crippen LogP contribution in [-0.2, 0) is 14.6 Å². The molecule has 3 heterocycles. The third-order valence-corrected chi connectivity index (χ3v) is 8.04. The van der Waals surface area contributed by atoms with Crippen LogP contribution in [0.4, 0.5) is 0 Å². The van der Waals surface area contributed by atoms with Crippen LogP contribution >= 0.6 is 11.8 Å². The van der Waals surface area contributed by atoms with Crippen LogP contribution in [0.2, 0.25) is 0 Å². The predicted octanol–water partition coefficient (Wildman–Crippen LogP) is 1.80. The van der Waals surface area contributed by atoms with E-state index in [1.165, 1.54) is 11.8 Å². The second-order valence-corrected chi connectivity index (χ2v) is 10.9. The van der Waals surface area contributed by atoms with E-state index in [9.17, 15) is 13.2 Å². The molecular weight excluding hydrogens is 398 g/mol. The molecule has 10 heteroatoms. The van der Waals surface area contributed by atoms with Crippen molar-refractivity contribution in [1.82, 2.24) is 24.6 Å². The smallest absolute Gasteiger partial charge is 0.235 e. The summed E-state index contributed by atoms with van der Waals surface area (Å²) in [4.78, 5) is 18.5. The molecule has 2 atom stereocenters. The Kier molecular flexibility index (Phi) is 5.17. The first kappa shape index (κ1) is 19.4. The molecule has 1 aliphatic heterocycles. The summed E-state index contributed by atoms with van der Waals surface area (Å²) < 4.78 is 25.6. The fourth-order valence-corrected chi connectivity index (χ4v) is 6.27. The maximum absolute atomic E-state index is 12.9. The number of aromatic nitrogens is 4. The zero-order valence-electron chi connectivity index (χ0n) is 15.9. The molecule has 2 aromatic rings. The molecule has 0 spiro atoms. The number of hydrogen-bond acceptors (Lipinski definition) is 7. The average Bonchev–Trinajstić information content (AvgIpc) is 3.34. The van der Waals surface area contributed by atoms with Crippen molar-refractivity contribution in [2.24, 2.45) is 0 Å². The van der Waals surface area contributed by atoms with E-state index in [-0.39, 0.29) is 28.7 Å². The minimum atomic E-state index is -3.03. The summed E-state index contributed by atoms with van der Waals surface area (Å²) in [6, 6.07) is 3.93. The first-order valence-electron chi connectivity index (χ1n) is 9.35. The molecule has 2 fully saturated rings. The quantitative estimate of drug-likeness (QED) is 0.656. The fraction of sp³-hybridized carbons (Fsp3) is 0.556. The molecule has 0 bridgehead atoms. The van der Waals surface area contributed by atoms with Gasteiger partial charge < -0.3 is 4.90 Å². The van der Waals surface area contributed by atoms with Crippen molar-refractivity contribution in [2.45, 2.75) is 48.7 Å². The van der Waals surface area contributed by atoms with E-state index >= 15 is 0 Å². The van der Waals surface area contributed by atoms with Crippen LogP contribution in [0.25, 0.3) is 11.4 Å². The number of sulfone groups is 1. The molecular formula is C18H23N5O3S2. The third-order valence-electron chi connectivity index (χ3n) is 5.25. The van der Waals surface area contributed by atoms with Crippen LogP contribution in [0.15, 0.2) is 29.7 Å². The van der Waals surface area contributed by atoms with Gasteiger partial charge in [0.05, 0.1) is 16.8 Å². The van der Waals surface area contributed by atoms with Gasteiger partial charge >= 0.3 is 0 Å². The fourth-order valence-electron chi connectivity index (χ4n) is 3.47. The molecule has 4 rings (SSSR count). The van der Waals surface area contributed by atoms with E-state index in [0.717, 1.165) is 29.4 Å². The summed E-state index contributed by atoms with van der Waals surface area (Å²) in [7, 11) is -1.33. The molecule has 1 amide bonds. The normalized spacial score (nSPS) is 22.1. The van der Waals surface area contributed by atoms with Gasteiger partial charge in [0, 0.05) is 37.1 Å². The van der Waals surface area contributed by atoms with E-state index in [0.29, 0.717) is 12.5 Å². The first-order valence-corrected chi connectivity index (χ1v) is 12.0. The van der Waals surface area contributed by atoms with E-state index in [1.807, 2.05) is 19.1 Å². The lowest BCUT2D eigenvalue weighted by molar-refractivity contribution is -0.130. The van der Waals surface area contributed by atoms with Gasteiger partial charge in [0.2, 0.25) is 5.91 Å². The molecule has 1 saturated heterocycles. The van der Waals surface area contributed by atoms with Gasteiger partial charge in [-0.15, -0.1) is 10.2 Å². The van der Waals surface area contributed by atoms with E-state index in [4.69, 9.17) is 0 Å². The van der Waals surface area contributed by atoms with Crippen molar-refractivity contribution in [3.05, 3.63) is 24.5 Å². The molecule has 1 saturated carbocycles. The monoisotopic (exact) mass is 421 g/mol. The zero-order chi connectivity index (χ0) is 19.9. The number of nitrogens with zero attached hydrogens (tertiary/aromatic N) is 5. The van der Waals surface area contributed by atoms with Crippen LogP contribution < -0.4 is 0 Å².